The third-order valence-electron chi connectivity index (χ3n) is 3.17. The summed E-state index contributed by atoms with van der Waals surface area (Å²) >= 11 is 0. The molecule has 2 aromatic heterocycles. The minimum atomic E-state index is -0.322. The SMILES string of the molecule is Cn1cccc1C(=O)N1CCOC(c2nn[nH]n2)C1. The number of nitrogens with zero attached hydrogens (tertiary/aromatic N) is 5. The topological polar surface area (TPSA) is 88.9 Å². The van der Waals surface area contributed by atoms with Crippen LogP contribution in [0.25, 0.3) is 0 Å². The van der Waals surface area contributed by atoms with Gasteiger partial charge in [-0.15, -0.1) is 10.2 Å². The third kappa shape index (κ3) is 2.22. The highest BCUT2D eigenvalue weighted by atomic mass is 16.5. The van der Waals surface area contributed by atoms with Gasteiger partial charge in [-0.1, -0.05) is 5.21 Å². The normalized spacial score (nSPS) is 19.6. The lowest BCUT2D eigenvalue weighted by Gasteiger charge is -2.31. The highest BCUT2D eigenvalue weighted by Gasteiger charge is 2.29. The van der Waals surface area contributed by atoms with Crippen molar-refractivity contribution in [3.63, 3.8) is 0 Å². The van der Waals surface area contributed by atoms with Crippen LogP contribution in [-0.2, 0) is 11.8 Å². The predicted octanol–water partition coefficient (Wildman–Crippen LogP) is -0.248. The standard InChI is InChI=1S/C11H14N6O2/c1-16-4-2-3-8(16)11(18)17-5-6-19-9(7-17)10-12-14-15-13-10/h2-4,9H,5-7H2,1H3,(H,12,13,14,15). The fraction of sp³-hybridized carbons (Fsp3) is 0.455. The van der Waals surface area contributed by atoms with Crippen LogP contribution in [0.3, 0.4) is 0 Å². The van der Waals surface area contributed by atoms with Crippen molar-refractivity contribution in [2.75, 3.05) is 19.7 Å². The van der Waals surface area contributed by atoms with Crippen molar-refractivity contribution in [2.24, 2.45) is 7.05 Å². The first-order valence-corrected chi connectivity index (χ1v) is 6.01. The van der Waals surface area contributed by atoms with Crippen molar-refractivity contribution in [1.82, 2.24) is 30.1 Å². The molecule has 8 heteroatoms. The first-order chi connectivity index (χ1) is 9.25. The van der Waals surface area contributed by atoms with E-state index in [1.54, 1.807) is 15.5 Å². The molecule has 2 aromatic rings. The lowest BCUT2D eigenvalue weighted by atomic mass is 10.2. The number of carbonyl (C=O) groups is 1. The Morgan fingerprint density at radius 3 is 3.16 bits per heavy atom. The summed E-state index contributed by atoms with van der Waals surface area (Å²) < 4.78 is 7.37. The molecule has 19 heavy (non-hydrogen) atoms. The lowest BCUT2D eigenvalue weighted by molar-refractivity contribution is -0.0270. The first-order valence-electron chi connectivity index (χ1n) is 6.01. The van der Waals surface area contributed by atoms with Gasteiger partial charge in [-0.2, -0.15) is 5.21 Å². The average Bonchev–Trinajstić information content (AvgIpc) is 3.09. The molecule has 0 aliphatic carbocycles. The van der Waals surface area contributed by atoms with Crippen molar-refractivity contribution in [1.29, 1.82) is 0 Å². The zero-order chi connectivity index (χ0) is 13.2. The largest absolute Gasteiger partial charge is 0.366 e. The molecule has 0 saturated carbocycles. The number of amides is 1. The van der Waals surface area contributed by atoms with Gasteiger partial charge in [0.25, 0.3) is 5.91 Å². The summed E-state index contributed by atoms with van der Waals surface area (Å²) in [5.41, 5.74) is 0.661. The van der Waals surface area contributed by atoms with Crippen LogP contribution in [0.5, 0.6) is 0 Å². The number of ether oxygens (including phenoxy) is 1. The van der Waals surface area contributed by atoms with E-state index in [9.17, 15) is 4.79 Å². The molecule has 1 fully saturated rings. The Bertz CT molecular complexity index is 564. The van der Waals surface area contributed by atoms with Crippen LogP contribution < -0.4 is 0 Å². The van der Waals surface area contributed by atoms with Crippen molar-refractivity contribution in [3.8, 4) is 0 Å². The predicted molar refractivity (Wildman–Crippen MR) is 64.2 cm³/mol. The smallest absolute Gasteiger partial charge is 0.270 e. The van der Waals surface area contributed by atoms with Gasteiger partial charge in [0.2, 0.25) is 5.82 Å². The van der Waals surface area contributed by atoms with E-state index >= 15 is 0 Å². The van der Waals surface area contributed by atoms with Crippen LogP contribution in [-0.4, -0.2) is 55.7 Å². The summed E-state index contributed by atoms with van der Waals surface area (Å²) in [6, 6.07) is 3.66. The second-order valence-corrected chi connectivity index (χ2v) is 4.38. The maximum absolute atomic E-state index is 12.4. The van der Waals surface area contributed by atoms with E-state index in [2.05, 4.69) is 20.6 Å². The molecule has 1 aliphatic rings. The first kappa shape index (κ1) is 11.8. The molecule has 8 nitrogen and oxygen atoms in total. The van der Waals surface area contributed by atoms with Crippen molar-refractivity contribution >= 4 is 5.91 Å². The molecule has 0 spiro atoms. The number of nitrogens with one attached hydrogen (secondary N) is 1. The lowest BCUT2D eigenvalue weighted by Crippen LogP contribution is -2.43. The number of hydrogen-bond acceptors (Lipinski definition) is 5. The highest BCUT2D eigenvalue weighted by Crippen LogP contribution is 2.19. The van der Waals surface area contributed by atoms with Gasteiger partial charge >= 0.3 is 0 Å². The summed E-state index contributed by atoms with van der Waals surface area (Å²) in [6.07, 6.45) is 1.53. The summed E-state index contributed by atoms with van der Waals surface area (Å²) in [5.74, 6) is 0.466. The van der Waals surface area contributed by atoms with Crippen LogP contribution >= 0.6 is 0 Å². The van der Waals surface area contributed by atoms with Crippen LogP contribution in [0, 0.1) is 0 Å². The number of morpholine rings is 1. The van der Waals surface area contributed by atoms with E-state index in [1.165, 1.54) is 0 Å². The number of H-pyrrole nitrogens is 1. The van der Waals surface area contributed by atoms with Crippen LogP contribution in [0.15, 0.2) is 18.3 Å². The molecule has 1 aliphatic heterocycles. The van der Waals surface area contributed by atoms with Gasteiger partial charge in [0, 0.05) is 19.8 Å². The van der Waals surface area contributed by atoms with E-state index in [0.29, 0.717) is 31.2 Å². The van der Waals surface area contributed by atoms with Gasteiger partial charge in [0.15, 0.2) is 0 Å². The molecule has 1 saturated heterocycles. The highest BCUT2D eigenvalue weighted by molar-refractivity contribution is 5.92. The number of aryl methyl sites for hydroxylation is 1. The van der Waals surface area contributed by atoms with Crippen molar-refractivity contribution in [2.45, 2.75) is 6.10 Å². The van der Waals surface area contributed by atoms with Gasteiger partial charge in [-0.3, -0.25) is 4.79 Å². The fourth-order valence-corrected chi connectivity index (χ4v) is 2.14. The number of carbonyl (C=O) groups excluding carboxylic acids is 1. The Balaban J connectivity index is 1.75. The zero-order valence-corrected chi connectivity index (χ0v) is 10.5. The number of tetrazole rings is 1. The molecule has 0 radical (unpaired) electrons. The minimum Gasteiger partial charge on any atom is -0.366 e. The average molecular weight is 262 g/mol. The Hall–Kier alpha value is -2.22. The van der Waals surface area contributed by atoms with Crippen LogP contribution in [0.1, 0.15) is 22.4 Å². The molecule has 1 unspecified atom stereocenters. The van der Waals surface area contributed by atoms with Gasteiger partial charge in [-0.25, -0.2) is 0 Å². The maximum atomic E-state index is 12.4. The van der Waals surface area contributed by atoms with Crippen molar-refractivity contribution < 1.29 is 9.53 Å². The molecule has 1 N–H and O–H groups in total. The zero-order valence-electron chi connectivity index (χ0n) is 10.5. The van der Waals surface area contributed by atoms with Gasteiger partial charge in [0.1, 0.15) is 11.8 Å². The van der Waals surface area contributed by atoms with E-state index in [-0.39, 0.29) is 12.0 Å². The molecule has 0 aromatic carbocycles. The summed E-state index contributed by atoms with van der Waals surface area (Å²) in [4.78, 5) is 14.1. The molecule has 3 heterocycles. The summed E-state index contributed by atoms with van der Waals surface area (Å²) in [5, 5.41) is 13.7. The fourth-order valence-electron chi connectivity index (χ4n) is 2.14. The molecular weight excluding hydrogens is 248 g/mol. The Morgan fingerprint density at radius 2 is 2.47 bits per heavy atom. The van der Waals surface area contributed by atoms with E-state index in [0.717, 1.165) is 0 Å². The summed E-state index contributed by atoms with van der Waals surface area (Å²) in [7, 11) is 1.85. The molecule has 1 atom stereocenters. The summed E-state index contributed by atoms with van der Waals surface area (Å²) in [6.45, 7) is 1.47. The maximum Gasteiger partial charge on any atom is 0.270 e. The minimum absolute atomic E-state index is 0.00991. The molecule has 1 amide bonds. The Morgan fingerprint density at radius 1 is 1.58 bits per heavy atom. The molecule has 0 bridgehead atoms. The van der Waals surface area contributed by atoms with Gasteiger partial charge in [0.05, 0.1) is 13.2 Å². The third-order valence-corrected chi connectivity index (χ3v) is 3.17. The van der Waals surface area contributed by atoms with E-state index < -0.39 is 0 Å². The van der Waals surface area contributed by atoms with Gasteiger partial charge in [-0.05, 0) is 12.1 Å². The van der Waals surface area contributed by atoms with Crippen LogP contribution in [0.4, 0.5) is 0 Å². The second-order valence-electron chi connectivity index (χ2n) is 4.38. The van der Waals surface area contributed by atoms with Gasteiger partial charge < -0.3 is 14.2 Å². The number of aromatic nitrogens is 5. The Kier molecular flexibility index (Phi) is 3.00. The number of hydrogen-bond donors (Lipinski definition) is 1. The Labute approximate surface area is 109 Å². The van der Waals surface area contributed by atoms with Crippen LogP contribution in [0.2, 0.25) is 0 Å². The monoisotopic (exact) mass is 262 g/mol. The second kappa shape index (κ2) is 4.81. The van der Waals surface area contributed by atoms with E-state index in [4.69, 9.17) is 4.74 Å². The molecule has 100 valence electrons. The van der Waals surface area contributed by atoms with Crippen molar-refractivity contribution in [3.05, 3.63) is 29.8 Å². The number of aromatic amines is 1. The number of rotatable bonds is 2. The quantitative estimate of drug-likeness (QED) is 0.806. The molecule has 3 rings (SSSR count). The molecular formula is C11H14N6O2. The van der Waals surface area contributed by atoms with E-state index in [1.807, 2.05) is 19.3 Å².